The molecule has 7 heteroatoms. The lowest BCUT2D eigenvalue weighted by Crippen LogP contribution is -2.36. The van der Waals surface area contributed by atoms with Gasteiger partial charge in [-0.2, -0.15) is 0 Å². The Morgan fingerprint density at radius 1 is 1.20 bits per heavy atom. The van der Waals surface area contributed by atoms with Gasteiger partial charge in [0.2, 0.25) is 5.89 Å². The average Bonchev–Trinajstić information content (AvgIpc) is 3.40. The number of benzene rings is 1. The molecule has 0 atom stereocenters. The number of methoxy groups -OCH3 is 1. The fourth-order valence-electron chi connectivity index (χ4n) is 3.40. The standard InChI is InChI=1S/C23H34N4O3/c1-23(2,3)20-14-25-21(30-20)15-27-22(24-4)26-13-16-10-11-18(28-5)12-19(16)29-17-8-6-7-9-17/h10-12,14,17H,6-9,13,15H2,1-5H3,(H2,24,26,27). The summed E-state index contributed by atoms with van der Waals surface area (Å²) in [6.07, 6.45) is 6.76. The van der Waals surface area contributed by atoms with Gasteiger partial charge in [-0.1, -0.05) is 20.8 Å². The second-order valence-electron chi connectivity index (χ2n) is 8.65. The zero-order chi connectivity index (χ0) is 21.6. The molecule has 3 rings (SSSR count). The molecule has 2 aromatic rings. The van der Waals surface area contributed by atoms with Crippen molar-refractivity contribution in [3.05, 3.63) is 41.6 Å². The van der Waals surface area contributed by atoms with Gasteiger partial charge >= 0.3 is 0 Å². The average molecular weight is 415 g/mol. The van der Waals surface area contributed by atoms with E-state index in [1.54, 1.807) is 20.4 Å². The van der Waals surface area contributed by atoms with Gasteiger partial charge in [0, 0.05) is 30.6 Å². The summed E-state index contributed by atoms with van der Waals surface area (Å²) in [6, 6.07) is 5.95. The van der Waals surface area contributed by atoms with Crippen LogP contribution in [0.4, 0.5) is 0 Å². The molecule has 1 aliphatic rings. The van der Waals surface area contributed by atoms with Crippen molar-refractivity contribution in [1.82, 2.24) is 15.6 Å². The molecule has 30 heavy (non-hydrogen) atoms. The summed E-state index contributed by atoms with van der Waals surface area (Å²) in [5, 5.41) is 6.60. The molecule has 1 aromatic heterocycles. The summed E-state index contributed by atoms with van der Waals surface area (Å²) in [5.41, 5.74) is 1.01. The van der Waals surface area contributed by atoms with Crippen LogP contribution in [0.25, 0.3) is 0 Å². The molecular weight excluding hydrogens is 380 g/mol. The third kappa shape index (κ3) is 5.90. The molecular formula is C23H34N4O3. The van der Waals surface area contributed by atoms with E-state index in [0.717, 1.165) is 35.7 Å². The Morgan fingerprint density at radius 2 is 1.93 bits per heavy atom. The molecule has 0 spiro atoms. The Balaban J connectivity index is 1.59. The second kappa shape index (κ2) is 9.87. The third-order valence-corrected chi connectivity index (χ3v) is 5.24. The number of aliphatic imine (C=N–C) groups is 1. The molecule has 0 aliphatic heterocycles. The number of ether oxygens (including phenoxy) is 2. The van der Waals surface area contributed by atoms with Crippen LogP contribution in [-0.2, 0) is 18.5 Å². The molecule has 7 nitrogen and oxygen atoms in total. The van der Waals surface area contributed by atoms with Crippen molar-refractivity contribution >= 4 is 5.96 Å². The van der Waals surface area contributed by atoms with Crippen LogP contribution < -0.4 is 20.1 Å². The number of guanidine groups is 1. The van der Waals surface area contributed by atoms with E-state index in [0.29, 0.717) is 24.9 Å². The fourth-order valence-corrected chi connectivity index (χ4v) is 3.40. The SMILES string of the molecule is CN=C(NCc1ncc(C(C)(C)C)o1)NCc1ccc(OC)cc1OC1CCCC1. The number of hydrogen-bond donors (Lipinski definition) is 2. The van der Waals surface area contributed by atoms with E-state index in [1.165, 1.54) is 12.8 Å². The van der Waals surface area contributed by atoms with Crippen molar-refractivity contribution in [2.45, 2.75) is 71.1 Å². The minimum absolute atomic E-state index is 0.0603. The van der Waals surface area contributed by atoms with Crippen LogP contribution in [0.1, 0.15) is 63.7 Å². The minimum Gasteiger partial charge on any atom is -0.497 e. The lowest BCUT2D eigenvalue weighted by Gasteiger charge is -2.18. The van der Waals surface area contributed by atoms with Gasteiger partial charge in [0.15, 0.2) is 5.96 Å². The van der Waals surface area contributed by atoms with Crippen LogP contribution in [-0.4, -0.2) is 31.2 Å². The molecule has 164 valence electrons. The van der Waals surface area contributed by atoms with Crippen molar-refractivity contribution in [1.29, 1.82) is 0 Å². The molecule has 0 bridgehead atoms. The lowest BCUT2D eigenvalue weighted by molar-refractivity contribution is 0.207. The monoisotopic (exact) mass is 414 g/mol. The highest BCUT2D eigenvalue weighted by atomic mass is 16.5. The first kappa shape index (κ1) is 22.0. The molecule has 1 saturated carbocycles. The predicted molar refractivity (Wildman–Crippen MR) is 118 cm³/mol. The smallest absolute Gasteiger partial charge is 0.213 e. The van der Waals surface area contributed by atoms with Crippen molar-refractivity contribution in [2.24, 2.45) is 4.99 Å². The van der Waals surface area contributed by atoms with Crippen LogP contribution in [0.3, 0.4) is 0 Å². The van der Waals surface area contributed by atoms with Crippen molar-refractivity contribution < 1.29 is 13.9 Å². The fraction of sp³-hybridized carbons (Fsp3) is 0.565. The zero-order valence-electron chi connectivity index (χ0n) is 18.7. The van der Waals surface area contributed by atoms with E-state index in [-0.39, 0.29) is 11.5 Å². The van der Waals surface area contributed by atoms with Gasteiger partial charge < -0.3 is 24.5 Å². The van der Waals surface area contributed by atoms with E-state index < -0.39 is 0 Å². The summed E-state index contributed by atoms with van der Waals surface area (Å²) in [6.45, 7) is 7.36. The second-order valence-corrected chi connectivity index (χ2v) is 8.65. The maximum absolute atomic E-state index is 6.27. The first-order valence-corrected chi connectivity index (χ1v) is 10.6. The summed E-state index contributed by atoms with van der Waals surface area (Å²) in [4.78, 5) is 8.65. The molecule has 1 heterocycles. The lowest BCUT2D eigenvalue weighted by atomic mass is 9.94. The summed E-state index contributed by atoms with van der Waals surface area (Å²) >= 11 is 0. The minimum atomic E-state index is -0.0603. The van der Waals surface area contributed by atoms with Gasteiger partial charge in [-0.05, 0) is 37.8 Å². The van der Waals surface area contributed by atoms with Gasteiger partial charge in [-0.25, -0.2) is 4.98 Å². The van der Waals surface area contributed by atoms with Crippen LogP contribution in [0.15, 0.2) is 33.8 Å². The predicted octanol–water partition coefficient (Wildman–Crippen LogP) is 4.17. The first-order valence-electron chi connectivity index (χ1n) is 10.6. The van der Waals surface area contributed by atoms with Crippen molar-refractivity contribution in [3.63, 3.8) is 0 Å². The zero-order valence-corrected chi connectivity index (χ0v) is 18.7. The topological polar surface area (TPSA) is 80.9 Å². The molecule has 0 amide bonds. The normalized spacial score (nSPS) is 15.3. The van der Waals surface area contributed by atoms with Gasteiger partial charge in [-0.15, -0.1) is 0 Å². The number of oxazole rings is 1. The van der Waals surface area contributed by atoms with Gasteiger partial charge in [0.25, 0.3) is 0 Å². The summed E-state index contributed by atoms with van der Waals surface area (Å²) in [7, 11) is 3.42. The van der Waals surface area contributed by atoms with Gasteiger partial charge in [0.05, 0.1) is 26.0 Å². The number of nitrogens with zero attached hydrogens (tertiary/aromatic N) is 2. The highest BCUT2D eigenvalue weighted by Crippen LogP contribution is 2.30. The number of rotatable bonds is 7. The van der Waals surface area contributed by atoms with E-state index in [1.807, 2.05) is 18.2 Å². The number of aromatic nitrogens is 1. The quantitative estimate of drug-likeness (QED) is 0.523. The Hall–Kier alpha value is -2.70. The number of hydrogen-bond acceptors (Lipinski definition) is 5. The molecule has 1 aromatic carbocycles. The molecule has 1 fully saturated rings. The first-order chi connectivity index (χ1) is 14.4. The van der Waals surface area contributed by atoms with Crippen molar-refractivity contribution in [2.75, 3.05) is 14.2 Å². The maximum atomic E-state index is 6.27. The molecule has 0 radical (unpaired) electrons. The third-order valence-electron chi connectivity index (χ3n) is 5.24. The van der Waals surface area contributed by atoms with Gasteiger partial charge in [0.1, 0.15) is 17.3 Å². The van der Waals surface area contributed by atoms with E-state index in [2.05, 4.69) is 41.4 Å². The highest BCUT2D eigenvalue weighted by molar-refractivity contribution is 5.79. The van der Waals surface area contributed by atoms with Crippen LogP contribution in [0.2, 0.25) is 0 Å². The summed E-state index contributed by atoms with van der Waals surface area (Å²) < 4.78 is 17.5. The van der Waals surface area contributed by atoms with E-state index in [4.69, 9.17) is 13.9 Å². The summed E-state index contributed by atoms with van der Waals surface area (Å²) in [5.74, 6) is 3.85. The molecule has 2 N–H and O–H groups in total. The highest BCUT2D eigenvalue weighted by Gasteiger charge is 2.20. The van der Waals surface area contributed by atoms with Gasteiger partial charge in [-0.3, -0.25) is 4.99 Å². The van der Waals surface area contributed by atoms with Crippen LogP contribution >= 0.6 is 0 Å². The molecule has 0 saturated heterocycles. The molecule has 1 aliphatic carbocycles. The largest absolute Gasteiger partial charge is 0.497 e. The maximum Gasteiger partial charge on any atom is 0.213 e. The molecule has 0 unspecified atom stereocenters. The van der Waals surface area contributed by atoms with E-state index >= 15 is 0 Å². The number of nitrogens with one attached hydrogen (secondary N) is 2. The van der Waals surface area contributed by atoms with E-state index in [9.17, 15) is 0 Å². The Kier molecular flexibility index (Phi) is 7.24. The Bertz CT molecular complexity index is 848. The Morgan fingerprint density at radius 3 is 2.57 bits per heavy atom. The van der Waals surface area contributed by atoms with Crippen molar-refractivity contribution in [3.8, 4) is 11.5 Å². The Labute approximate surface area is 179 Å². The van der Waals surface area contributed by atoms with Crippen LogP contribution in [0, 0.1) is 0 Å². The van der Waals surface area contributed by atoms with Crippen LogP contribution in [0.5, 0.6) is 11.5 Å².